The average Bonchev–Trinajstić information content (AvgIpc) is 2.46. The highest BCUT2D eigenvalue weighted by atomic mass is 16.4. The molecule has 2 rings (SSSR count). The van der Waals surface area contributed by atoms with Crippen LogP contribution in [0.4, 0.5) is 0 Å². The molecule has 1 amide bonds. The van der Waals surface area contributed by atoms with E-state index in [4.69, 9.17) is 5.11 Å². The van der Waals surface area contributed by atoms with E-state index in [1.54, 1.807) is 18.3 Å². The summed E-state index contributed by atoms with van der Waals surface area (Å²) in [7, 11) is 0. The summed E-state index contributed by atoms with van der Waals surface area (Å²) in [6.07, 6.45) is 6.08. The zero-order valence-corrected chi connectivity index (χ0v) is 10.3. The number of aliphatic carboxylic acids is 1. The van der Waals surface area contributed by atoms with Crippen molar-refractivity contribution in [2.24, 2.45) is 11.8 Å². The fourth-order valence-corrected chi connectivity index (χ4v) is 2.11. The van der Waals surface area contributed by atoms with Gasteiger partial charge in [0, 0.05) is 6.20 Å². The molecule has 1 aromatic rings. The predicted molar refractivity (Wildman–Crippen MR) is 66.9 cm³/mol. The Bertz CT molecular complexity index is 487. The van der Waals surface area contributed by atoms with Gasteiger partial charge in [-0.2, -0.15) is 10.2 Å². The Morgan fingerprint density at radius 1 is 1.32 bits per heavy atom. The third kappa shape index (κ3) is 3.37. The van der Waals surface area contributed by atoms with Crippen LogP contribution in [-0.4, -0.2) is 27.2 Å². The maximum atomic E-state index is 12.0. The van der Waals surface area contributed by atoms with Gasteiger partial charge in [-0.3, -0.25) is 9.59 Å². The number of rotatable bonds is 4. The number of nitrogens with zero attached hydrogens (tertiary/aromatic N) is 2. The average molecular weight is 261 g/mol. The number of hydrogen-bond acceptors (Lipinski definition) is 4. The maximum Gasteiger partial charge on any atom is 0.307 e. The molecule has 1 aliphatic rings. The second-order valence-corrected chi connectivity index (χ2v) is 4.43. The van der Waals surface area contributed by atoms with Crippen molar-refractivity contribution < 1.29 is 14.7 Å². The first-order valence-corrected chi connectivity index (χ1v) is 6.10. The summed E-state index contributed by atoms with van der Waals surface area (Å²) in [6.45, 7) is 0.263. The fourth-order valence-electron chi connectivity index (χ4n) is 2.11. The smallest absolute Gasteiger partial charge is 0.307 e. The molecule has 100 valence electrons. The summed E-state index contributed by atoms with van der Waals surface area (Å²) in [5, 5.41) is 19.4. The van der Waals surface area contributed by atoms with Gasteiger partial charge in [-0.15, -0.1) is 0 Å². The quantitative estimate of drug-likeness (QED) is 0.781. The lowest BCUT2D eigenvalue weighted by Gasteiger charge is -2.24. The van der Waals surface area contributed by atoms with Crippen LogP contribution in [0.25, 0.3) is 0 Å². The van der Waals surface area contributed by atoms with E-state index < -0.39 is 17.8 Å². The first-order chi connectivity index (χ1) is 9.18. The van der Waals surface area contributed by atoms with E-state index in [0.717, 1.165) is 0 Å². The first-order valence-electron chi connectivity index (χ1n) is 6.10. The van der Waals surface area contributed by atoms with Crippen LogP contribution in [0, 0.1) is 11.8 Å². The van der Waals surface area contributed by atoms with E-state index in [2.05, 4.69) is 15.5 Å². The van der Waals surface area contributed by atoms with Gasteiger partial charge in [0.25, 0.3) is 0 Å². The Labute approximate surface area is 110 Å². The molecule has 6 heteroatoms. The predicted octanol–water partition coefficient (Wildman–Crippen LogP) is 0.760. The minimum atomic E-state index is -0.927. The van der Waals surface area contributed by atoms with Crippen LogP contribution in [0.3, 0.4) is 0 Å². The summed E-state index contributed by atoms with van der Waals surface area (Å²) in [6, 6.07) is 3.49. The summed E-state index contributed by atoms with van der Waals surface area (Å²) >= 11 is 0. The second kappa shape index (κ2) is 6.08. The highest BCUT2D eigenvalue weighted by Gasteiger charge is 2.33. The molecule has 0 spiro atoms. The zero-order valence-electron chi connectivity index (χ0n) is 10.3. The number of carbonyl (C=O) groups excluding carboxylic acids is 1. The molecule has 0 aromatic carbocycles. The Kier molecular flexibility index (Phi) is 4.22. The van der Waals surface area contributed by atoms with Crippen molar-refractivity contribution in [3.05, 3.63) is 36.2 Å². The van der Waals surface area contributed by atoms with E-state index in [9.17, 15) is 9.59 Å². The van der Waals surface area contributed by atoms with E-state index in [1.807, 2.05) is 12.2 Å². The van der Waals surface area contributed by atoms with Crippen LogP contribution < -0.4 is 5.32 Å². The van der Waals surface area contributed by atoms with Gasteiger partial charge < -0.3 is 10.4 Å². The van der Waals surface area contributed by atoms with Gasteiger partial charge in [-0.05, 0) is 25.0 Å². The van der Waals surface area contributed by atoms with E-state index in [-0.39, 0.29) is 12.5 Å². The van der Waals surface area contributed by atoms with E-state index in [1.165, 1.54) is 0 Å². The van der Waals surface area contributed by atoms with E-state index in [0.29, 0.717) is 18.5 Å². The maximum absolute atomic E-state index is 12.0. The summed E-state index contributed by atoms with van der Waals surface area (Å²) in [5.41, 5.74) is 0.647. The molecular formula is C13H15N3O3. The van der Waals surface area contributed by atoms with Crippen LogP contribution in [0.2, 0.25) is 0 Å². The van der Waals surface area contributed by atoms with Crippen LogP contribution in [0.1, 0.15) is 18.5 Å². The molecule has 0 fully saturated rings. The minimum absolute atomic E-state index is 0.248. The first kappa shape index (κ1) is 13.2. The second-order valence-electron chi connectivity index (χ2n) is 4.43. The molecule has 6 nitrogen and oxygen atoms in total. The van der Waals surface area contributed by atoms with Crippen molar-refractivity contribution in [2.45, 2.75) is 19.4 Å². The molecule has 1 aliphatic carbocycles. The molecule has 1 heterocycles. The van der Waals surface area contributed by atoms with Crippen molar-refractivity contribution in [1.29, 1.82) is 0 Å². The molecule has 2 unspecified atom stereocenters. The monoisotopic (exact) mass is 261 g/mol. The Morgan fingerprint density at radius 3 is 2.68 bits per heavy atom. The summed E-state index contributed by atoms with van der Waals surface area (Å²) < 4.78 is 0. The standard InChI is InChI=1S/C13H15N3O3/c17-12(14-8-9-4-3-7-15-16-9)10-5-1-2-6-11(10)13(18)19/h1-4,7,10-11H,5-6,8H2,(H,14,17)(H,18,19). The highest BCUT2D eigenvalue weighted by molar-refractivity contribution is 5.85. The molecule has 2 atom stereocenters. The van der Waals surface area contributed by atoms with Crippen molar-refractivity contribution in [1.82, 2.24) is 15.5 Å². The number of carboxylic acid groups (broad SMARTS) is 1. The Morgan fingerprint density at radius 2 is 2.05 bits per heavy atom. The number of amides is 1. The Hall–Kier alpha value is -2.24. The molecule has 0 aliphatic heterocycles. The highest BCUT2D eigenvalue weighted by Crippen LogP contribution is 2.26. The third-order valence-electron chi connectivity index (χ3n) is 3.16. The SMILES string of the molecule is O=C(O)C1CC=CCC1C(=O)NCc1cccnn1. The van der Waals surface area contributed by atoms with Gasteiger partial charge in [0.1, 0.15) is 0 Å². The van der Waals surface area contributed by atoms with Gasteiger partial charge in [0.15, 0.2) is 0 Å². The lowest BCUT2D eigenvalue weighted by Crippen LogP contribution is -2.38. The topological polar surface area (TPSA) is 92.2 Å². The molecule has 2 N–H and O–H groups in total. The number of hydrogen-bond donors (Lipinski definition) is 2. The zero-order chi connectivity index (χ0) is 13.7. The third-order valence-corrected chi connectivity index (χ3v) is 3.16. The molecule has 0 saturated heterocycles. The van der Waals surface area contributed by atoms with Crippen LogP contribution in [0.15, 0.2) is 30.5 Å². The number of aromatic nitrogens is 2. The van der Waals surface area contributed by atoms with Gasteiger partial charge in [0.05, 0.1) is 24.1 Å². The van der Waals surface area contributed by atoms with Crippen molar-refractivity contribution >= 4 is 11.9 Å². The number of carbonyl (C=O) groups is 2. The molecule has 0 saturated carbocycles. The van der Waals surface area contributed by atoms with Gasteiger partial charge >= 0.3 is 5.97 Å². The van der Waals surface area contributed by atoms with Crippen LogP contribution in [0.5, 0.6) is 0 Å². The molecular weight excluding hydrogens is 246 g/mol. The van der Waals surface area contributed by atoms with Gasteiger partial charge in [-0.25, -0.2) is 0 Å². The fraction of sp³-hybridized carbons (Fsp3) is 0.385. The van der Waals surface area contributed by atoms with Gasteiger partial charge in [-0.1, -0.05) is 12.2 Å². The summed E-state index contributed by atoms with van der Waals surface area (Å²) in [4.78, 5) is 23.1. The van der Waals surface area contributed by atoms with Crippen LogP contribution in [-0.2, 0) is 16.1 Å². The van der Waals surface area contributed by atoms with Crippen molar-refractivity contribution in [3.63, 3.8) is 0 Å². The minimum Gasteiger partial charge on any atom is -0.481 e. The molecule has 0 bridgehead atoms. The lowest BCUT2D eigenvalue weighted by molar-refractivity contribution is -0.147. The normalized spacial score (nSPS) is 21.9. The number of carboxylic acids is 1. The van der Waals surface area contributed by atoms with Crippen molar-refractivity contribution in [2.75, 3.05) is 0 Å². The van der Waals surface area contributed by atoms with E-state index >= 15 is 0 Å². The molecule has 19 heavy (non-hydrogen) atoms. The molecule has 0 radical (unpaired) electrons. The Balaban J connectivity index is 1.95. The molecule has 1 aromatic heterocycles. The largest absolute Gasteiger partial charge is 0.481 e. The van der Waals surface area contributed by atoms with Crippen LogP contribution >= 0.6 is 0 Å². The summed E-state index contributed by atoms with van der Waals surface area (Å²) in [5.74, 6) is -2.34. The van der Waals surface area contributed by atoms with Gasteiger partial charge in [0.2, 0.25) is 5.91 Å². The number of nitrogens with one attached hydrogen (secondary N) is 1. The number of allylic oxidation sites excluding steroid dienone is 2. The van der Waals surface area contributed by atoms with Crippen molar-refractivity contribution in [3.8, 4) is 0 Å². The lowest BCUT2D eigenvalue weighted by atomic mass is 9.82.